The van der Waals surface area contributed by atoms with Crippen LogP contribution >= 0.6 is 0 Å². The molecule has 0 aliphatic carbocycles. The maximum atomic E-state index is 9.81. The molecule has 0 atom stereocenters. The van der Waals surface area contributed by atoms with Crippen molar-refractivity contribution in [2.75, 3.05) is 0 Å². The zero-order chi connectivity index (χ0) is 11.7. The number of rotatable bonds is 1. The van der Waals surface area contributed by atoms with Gasteiger partial charge in [0, 0.05) is 20.0 Å². The summed E-state index contributed by atoms with van der Waals surface area (Å²) >= 11 is 0. The first-order valence-electron chi connectivity index (χ1n) is 4.26. The molecule has 0 aliphatic heterocycles. The van der Waals surface area contributed by atoms with Gasteiger partial charge in [0.05, 0.1) is 12.3 Å². The maximum absolute atomic E-state index is 9.81. The van der Waals surface area contributed by atoms with Crippen LogP contribution in [0.25, 0.3) is 0 Å². The van der Waals surface area contributed by atoms with Gasteiger partial charge in [-0.2, -0.15) is 0 Å². The lowest BCUT2D eigenvalue weighted by atomic mass is 10.4. The maximum Gasteiger partial charge on any atom is 0.310 e. The Kier molecular flexibility index (Phi) is 6.74. The highest BCUT2D eigenvalue weighted by atomic mass is 16.6. The summed E-state index contributed by atoms with van der Waals surface area (Å²) in [5, 5.41) is 8.48. The van der Waals surface area contributed by atoms with E-state index in [2.05, 4.69) is 9.72 Å². The van der Waals surface area contributed by atoms with Gasteiger partial charge in [0.2, 0.25) is 0 Å². The Bertz CT molecular complexity index is 298. The number of aromatic nitrogens is 1. The summed E-state index contributed by atoms with van der Waals surface area (Å²) in [7, 11) is 0. The third-order valence-electron chi connectivity index (χ3n) is 1.18. The van der Waals surface area contributed by atoms with Gasteiger partial charge < -0.3 is 9.84 Å². The fourth-order valence-electron chi connectivity index (χ4n) is 0.694. The largest absolute Gasteiger partial charge is 0.394 e. The standard InChI is InChI=1S/C6H7NO.C4H6O3/c8-5-6-3-1-2-4-7-6;1-3(5)7-4(2)6/h1-4,8H,5H2;1-2H3. The molecule has 0 spiro atoms. The second-order valence-electron chi connectivity index (χ2n) is 2.56. The zero-order valence-corrected chi connectivity index (χ0v) is 8.64. The first-order chi connectivity index (χ1) is 7.06. The molecular weight excluding hydrogens is 198 g/mol. The van der Waals surface area contributed by atoms with Crippen molar-refractivity contribution >= 4 is 11.9 Å². The van der Waals surface area contributed by atoms with Gasteiger partial charge >= 0.3 is 11.9 Å². The SMILES string of the molecule is CC(=O)OC(C)=O.OCc1ccccn1. The molecule has 0 bridgehead atoms. The lowest BCUT2D eigenvalue weighted by Crippen LogP contribution is -2.03. The van der Waals surface area contributed by atoms with Gasteiger partial charge in [-0.3, -0.25) is 14.6 Å². The molecule has 5 heteroatoms. The molecule has 0 aliphatic rings. The van der Waals surface area contributed by atoms with E-state index in [-0.39, 0.29) is 6.61 Å². The predicted molar refractivity (Wildman–Crippen MR) is 52.6 cm³/mol. The zero-order valence-electron chi connectivity index (χ0n) is 8.64. The van der Waals surface area contributed by atoms with E-state index in [0.717, 1.165) is 0 Å². The van der Waals surface area contributed by atoms with Gasteiger partial charge in [0.25, 0.3) is 0 Å². The molecule has 0 saturated carbocycles. The molecule has 0 fully saturated rings. The van der Waals surface area contributed by atoms with Crippen molar-refractivity contribution in [1.29, 1.82) is 0 Å². The number of aliphatic hydroxyl groups is 1. The topological polar surface area (TPSA) is 76.5 Å². The van der Waals surface area contributed by atoms with Crippen molar-refractivity contribution in [2.45, 2.75) is 20.5 Å². The first-order valence-corrected chi connectivity index (χ1v) is 4.26. The summed E-state index contributed by atoms with van der Waals surface area (Å²) < 4.78 is 3.97. The Labute approximate surface area is 87.7 Å². The van der Waals surface area contributed by atoms with Crippen molar-refractivity contribution in [1.82, 2.24) is 4.98 Å². The van der Waals surface area contributed by atoms with E-state index in [1.807, 2.05) is 12.1 Å². The van der Waals surface area contributed by atoms with Crippen LogP contribution in [0.3, 0.4) is 0 Å². The van der Waals surface area contributed by atoms with Gasteiger partial charge in [0.1, 0.15) is 0 Å². The van der Waals surface area contributed by atoms with E-state index in [9.17, 15) is 9.59 Å². The normalized spacial score (nSPS) is 8.47. The number of ether oxygens (including phenoxy) is 1. The van der Waals surface area contributed by atoms with E-state index in [0.29, 0.717) is 5.69 Å². The molecule has 1 aromatic heterocycles. The van der Waals surface area contributed by atoms with Crippen molar-refractivity contribution in [3.05, 3.63) is 30.1 Å². The highest BCUT2D eigenvalue weighted by molar-refractivity contribution is 5.82. The monoisotopic (exact) mass is 211 g/mol. The van der Waals surface area contributed by atoms with Crippen molar-refractivity contribution in [3.63, 3.8) is 0 Å². The molecule has 0 unspecified atom stereocenters. The number of nitrogens with zero attached hydrogens (tertiary/aromatic N) is 1. The van der Waals surface area contributed by atoms with Crippen LogP contribution in [0.15, 0.2) is 24.4 Å². The second kappa shape index (κ2) is 7.64. The van der Waals surface area contributed by atoms with Gasteiger partial charge in [-0.25, -0.2) is 0 Å². The average Bonchev–Trinajstić information content (AvgIpc) is 2.18. The van der Waals surface area contributed by atoms with E-state index < -0.39 is 11.9 Å². The minimum atomic E-state index is -0.562. The van der Waals surface area contributed by atoms with E-state index in [4.69, 9.17) is 5.11 Å². The molecule has 1 heterocycles. The molecule has 0 amide bonds. The summed E-state index contributed by atoms with van der Waals surface area (Å²) in [6.07, 6.45) is 1.66. The molecule has 5 nitrogen and oxygen atoms in total. The first kappa shape index (κ1) is 13.2. The third kappa shape index (κ3) is 8.58. The van der Waals surface area contributed by atoms with Gasteiger partial charge in [-0.15, -0.1) is 0 Å². The average molecular weight is 211 g/mol. The third-order valence-corrected chi connectivity index (χ3v) is 1.18. The summed E-state index contributed by atoms with van der Waals surface area (Å²) in [5.74, 6) is -1.12. The Hall–Kier alpha value is -1.75. The van der Waals surface area contributed by atoms with E-state index >= 15 is 0 Å². The summed E-state index contributed by atoms with van der Waals surface area (Å²) in [6, 6.07) is 5.44. The van der Waals surface area contributed by atoms with Gasteiger partial charge in [0.15, 0.2) is 0 Å². The van der Waals surface area contributed by atoms with Gasteiger partial charge in [-0.1, -0.05) is 6.07 Å². The number of hydrogen-bond acceptors (Lipinski definition) is 5. The Morgan fingerprint density at radius 2 is 1.93 bits per heavy atom. The molecule has 1 aromatic rings. The molecule has 0 aromatic carbocycles. The molecule has 1 N–H and O–H groups in total. The minimum Gasteiger partial charge on any atom is -0.394 e. The van der Waals surface area contributed by atoms with Crippen LogP contribution in [0, 0.1) is 0 Å². The van der Waals surface area contributed by atoms with E-state index in [1.165, 1.54) is 13.8 Å². The quantitative estimate of drug-likeness (QED) is 0.545. The van der Waals surface area contributed by atoms with E-state index in [1.54, 1.807) is 12.3 Å². The van der Waals surface area contributed by atoms with Crippen molar-refractivity contribution in [3.8, 4) is 0 Å². The Morgan fingerprint density at radius 3 is 2.13 bits per heavy atom. The lowest BCUT2D eigenvalue weighted by molar-refractivity contribution is -0.156. The molecular formula is C10H13NO4. The fourth-order valence-corrected chi connectivity index (χ4v) is 0.694. The molecule has 15 heavy (non-hydrogen) atoms. The summed E-state index contributed by atoms with van der Waals surface area (Å²) in [6.45, 7) is 2.39. The highest BCUT2D eigenvalue weighted by Crippen LogP contribution is 1.89. The van der Waals surface area contributed by atoms with Crippen LogP contribution in [0.1, 0.15) is 19.5 Å². The highest BCUT2D eigenvalue weighted by Gasteiger charge is 1.93. The van der Waals surface area contributed by atoms with Crippen LogP contribution in [0.5, 0.6) is 0 Å². The number of carbonyl (C=O) groups excluding carboxylic acids is 2. The fraction of sp³-hybridized carbons (Fsp3) is 0.300. The molecule has 82 valence electrons. The molecule has 1 rings (SSSR count). The van der Waals surface area contributed by atoms with Crippen LogP contribution in [-0.2, 0) is 20.9 Å². The molecule has 0 radical (unpaired) electrons. The number of esters is 2. The predicted octanol–water partition coefficient (Wildman–Crippen LogP) is 0.670. The van der Waals surface area contributed by atoms with Crippen LogP contribution in [0.2, 0.25) is 0 Å². The van der Waals surface area contributed by atoms with Gasteiger partial charge in [-0.05, 0) is 12.1 Å². The number of hydrogen-bond donors (Lipinski definition) is 1. The van der Waals surface area contributed by atoms with Crippen LogP contribution < -0.4 is 0 Å². The number of aliphatic hydroxyl groups excluding tert-OH is 1. The van der Waals surface area contributed by atoms with Crippen LogP contribution in [-0.4, -0.2) is 22.0 Å². The summed E-state index contributed by atoms with van der Waals surface area (Å²) in [5.41, 5.74) is 0.715. The number of carbonyl (C=O) groups is 2. The summed E-state index contributed by atoms with van der Waals surface area (Å²) in [4.78, 5) is 23.5. The lowest BCUT2D eigenvalue weighted by Gasteiger charge is -1.88. The Balaban J connectivity index is 0.000000265. The van der Waals surface area contributed by atoms with Crippen molar-refractivity contribution in [2.24, 2.45) is 0 Å². The molecule has 0 saturated heterocycles. The smallest absolute Gasteiger partial charge is 0.310 e. The minimum absolute atomic E-state index is 0.0286. The van der Waals surface area contributed by atoms with Crippen LogP contribution in [0.4, 0.5) is 0 Å². The Morgan fingerprint density at radius 1 is 1.33 bits per heavy atom. The van der Waals surface area contributed by atoms with Crippen molar-refractivity contribution < 1.29 is 19.4 Å². The number of pyridine rings is 1. The second-order valence-corrected chi connectivity index (χ2v) is 2.56.